The molecule has 0 spiro atoms. The number of carbonyl (C=O) groups is 2. The molecule has 0 unspecified atom stereocenters. The van der Waals surface area contributed by atoms with Crippen molar-refractivity contribution in [2.45, 2.75) is 17.9 Å². The molecule has 0 saturated heterocycles. The predicted molar refractivity (Wildman–Crippen MR) is 96.1 cm³/mol. The zero-order valence-electron chi connectivity index (χ0n) is 13.8. The number of amides is 1. The molecule has 9 heteroatoms. The fraction of sp³-hybridized carbons (Fsp3) is 0.176. The molecule has 2 aromatic rings. The minimum absolute atomic E-state index is 0.0812. The highest BCUT2D eigenvalue weighted by molar-refractivity contribution is 7.89. The van der Waals surface area contributed by atoms with Crippen LogP contribution in [0.4, 0.5) is 0 Å². The number of esters is 1. The molecular weight excluding hydrogens is 380 g/mol. The molecule has 0 bridgehead atoms. The van der Waals surface area contributed by atoms with Crippen molar-refractivity contribution in [2.75, 3.05) is 6.61 Å². The number of nitrogens with two attached hydrogens (primary N) is 1. The highest BCUT2D eigenvalue weighted by atomic mass is 35.5. The highest BCUT2D eigenvalue weighted by Crippen LogP contribution is 2.21. The lowest BCUT2D eigenvalue weighted by Crippen LogP contribution is -2.31. The number of nitrogens with one attached hydrogen (secondary N) is 1. The molecule has 2 rings (SSSR count). The Labute approximate surface area is 156 Å². The van der Waals surface area contributed by atoms with E-state index >= 15 is 0 Å². The van der Waals surface area contributed by atoms with Gasteiger partial charge in [0, 0.05) is 0 Å². The van der Waals surface area contributed by atoms with Gasteiger partial charge in [0.1, 0.15) is 4.90 Å². The molecule has 0 aliphatic rings. The normalized spacial score (nSPS) is 12.3. The highest BCUT2D eigenvalue weighted by Gasteiger charge is 2.18. The number of rotatable bonds is 6. The van der Waals surface area contributed by atoms with Crippen LogP contribution in [0.15, 0.2) is 53.4 Å². The van der Waals surface area contributed by atoms with Crippen LogP contribution in [0, 0.1) is 0 Å². The zero-order chi connectivity index (χ0) is 19.3. The summed E-state index contributed by atoms with van der Waals surface area (Å²) >= 11 is 5.75. The van der Waals surface area contributed by atoms with Gasteiger partial charge in [-0.3, -0.25) is 4.79 Å². The van der Waals surface area contributed by atoms with Gasteiger partial charge < -0.3 is 10.1 Å². The van der Waals surface area contributed by atoms with Gasteiger partial charge in [-0.15, -0.1) is 0 Å². The number of primary sulfonamides is 1. The molecule has 0 aliphatic heterocycles. The van der Waals surface area contributed by atoms with Gasteiger partial charge in [0.25, 0.3) is 5.91 Å². The van der Waals surface area contributed by atoms with Gasteiger partial charge in [0.2, 0.25) is 10.0 Å². The quantitative estimate of drug-likeness (QED) is 0.724. The van der Waals surface area contributed by atoms with E-state index in [1.54, 1.807) is 6.92 Å². The van der Waals surface area contributed by atoms with Crippen LogP contribution in [0.25, 0.3) is 0 Å². The first kappa shape index (κ1) is 19.9. The minimum Gasteiger partial charge on any atom is -0.452 e. The van der Waals surface area contributed by atoms with Crippen molar-refractivity contribution in [3.05, 3.63) is 64.7 Å². The molecule has 138 valence electrons. The van der Waals surface area contributed by atoms with Crippen LogP contribution in [0.2, 0.25) is 5.02 Å². The van der Waals surface area contributed by atoms with Crippen molar-refractivity contribution >= 4 is 33.5 Å². The summed E-state index contributed by atoms with van der Waals surface area (Å²) in [7, 11) is -4.09. The van der Waals surface area contributed by atoms with Crippen molar-refractivity contribution in [3.63, 3.8) is 0 Å². The number of hydrogen-bond donors (Lipinski definition) is 2. The Kier molecular flexibility index (Phi) is 6.36. The Balaban J connectivity index is 1.97. The number of hydrogen-bond acceptors (Lipinski definition) is 5. The van der Waals surface area contributed by atoms with E-state index in [4.69, 9.17) is 21.5 Å². The van der Waals surface area contributed by atoms with Gasteiger partial charge >= 0.3 is 5.97 Å². The molecule has 26 heavy (non-hydrogen) atoms. The predicted octanol–water partition coefficient (Wildman–Crippen LogP) is 2.02. The minimum atomic E-state index is -4.09. The summed E-state index contributed by atoms with van der Waals surface area (Å²) in [6.45, 7) is 1.29. The maximum absolute atomic E-state index is 12.0. The Morgan fingerprint density at radius 2 is 1.85 bits per heavy atom. The molecule has 2 aromatic carbocycles. The summed E-state index contributed by atoms with van der Waals surface area (Å²) < 4.78 is 27.8. The maximum atomic E-state index is 12.0. The third kappa shape index (κ3) is 5.29. The van der Waals surface area contributed by atoms with Gasteiger partial charge in [-0.1, -0.05) is 41.9 Å². The lowest BCUT2D eigenvalue weighted by molar-refractivity contribution is -0.124. The summed E-state index contributed by atoms with van der Waals surface area (Å²) in [6.07, 6.45) is 0. The Morgan fingerprint density at radius 1 is 1.19 bits per heavy atom. The number of carbonyl (C=O) groups excluding carboxylic acids is 2. The molecule has 0 heterocycles. The topological polar surface area (TPSA) is 116 Å². The number of sulfonamides is 1. The monoisotopic (exact) mass is 396 g/mol. The van der Waals surface area contributed by atoms with Crippen molar-refractivity contribution in [2.24, 2.45) is 5.14 Å². The first-order valence-electron chi connectivity index (χ1n) is 7.52. The number of benzene rings is 2. The smallest absolute Gasteiger partial charge is 0.338 e. The maximum Gasteiger partial charge on any atom is 0.338 e. The first-order chi connectivity index (χ1) is 12.2. The second-order valence-corrected chi connectivity index (χ2v) is 7.40. The summed E-state index contributed by atoms with van der Waals surface area (Å²) in [5, 5.41) is 7.61. The summed E-state index contributed by atoms with van der Waals surface area (Å²) in [6, 6.07) is 12.5. The molecule has 0 aliphatic carbocycles. The van der Waals surface area contributed by atoms with Crippen LogP contribution < -0.4 is 10.5 Å². The van der Waals surface area contributed by atoms with Gasteiger partial charge in [0.05, 0.1) is 16.6 Å². The van der Waals surface area contributed by atoms with Crippen LogP contribution in [-0.4, -0.2) is 26.9 Å². The first-order valence-corrected chi connectivity index (χ1v) is 9.44. The van der Waals surface area contributed by atoms with Crippen LogP contribution in [0.3, 0.4) is 0 Å². The van der Waals surface area contributed by atoms with Gasteiger partial charge in [0.15, 0.2) is 6.61 Å². The molecule has 0 radical (unpaired) electrons. The molecule has 1 atom stereocenters. The molecule has 0 saturated carbocycles. The van der Waals surface area contributed by atoms with Gasteiger partial charge in [-0.25, -0.2) is 18.4 Å². The average Bonchev–Trinajstić information content (AvgIpc) is 2.59. The van der Waals surface area contributed by atoms with E-state index in [-0.39, 0.29) is 16.6 Å². The second kappa shape index (κ2) is 8.31. The summed E-state index contributed by atoms with van der Waals surface area (Å²) in [5.74, 6) is -1.36. The van der Waals surface area contributed by atoms with Crippen LogP contribution in [0.1, 0.15) is 28.9 Å². The van der Waals surface area contributed by atoms with Crippen LogP contribution in [-0.2, 0) is 19.6 Å². The van der Waals surface area contributed by atoms with Crippen molar-refractivity contribution in [1.29, 1.82) is 0 Å². The molecular formula is C17H17ClN2O5S. The van der Waals surface area contributed by atoms with Crippen molar-refractivity contribution in [1.82, 2.24) is 5.32 Å². The number of ether oxygens (including phenoxy) is 1. The largest absolute Gasteiger partial charge is 0.452 e. The molecule has 3 N–H and O–H groups in total. The van der Waals surface area contributed by atoms with Crippen molar-refractivity contribution in [3.8, 4) is 0 Å². The Morgan fingerprint density at radius 3 is 2.46 bits per heavy atom. The SMILES string of the molecule is C[C@@H](NC(=O)COC(=O)c1ccc(Cl)c(S(N)(=O)=O)c1)c1ccccc1. The second-order valence-electron chi connectivity index (χ2n) is 5.47. The third-order valence-corrected chi connectivity index (χ3v) is 4.88. The van der Waals surface area contributed by atoms with E-state index in [1.165, 1.54) is 12.1 Å². The zero-order valence-corrected chi connectivity index (χ0v) is 15.4. The Hall–Kier alpha value is -2.42. The van der Waals surface area contributed by atoms with E-state index in [0.717, 1.165) is 11.6 Å². The average molecular weight is 397 g/mol. The lowest BCUT2D eigenvalue weighted by atomic mass is 10.1. The fourth-order valence-electron chi connectivity index (χ4n) is 2.17. The lowest BCUT2D eigenvalue weighted by Gasteiger charge is -2.14. The summed E-state index contributed by atoms with van der Waals surface area (Å²) in [4.78, 5) is 23.5. The third-order valence-electron chi connectivity index (χ3n) is 3.48. The van der Waals surface area contributed by atoms with E-state index in [9.17, 15) is 18.0 Å². The molecule has 0 aromatic heterocycles. The standard InChI is InChI=1S/C17H17ClN2O5S/c1-11(12-5-3-2-4-6-12)20-16(21)10-25-17(22)13-7-8-14(18)15(9-13)26(19,23)24/h2-9,11H,10H2,1H3,(H,20,21)(H2,19,23,24)/t11-/m1/s1. The van der Waals surface area contributed by atoms with Crippen LogP contribution >= 0.6 is 11.6 Å². The molecule has 1 amide bonds. The fourth-order valence-corrected chi connectivity index (χ4v) is 3.24. The van der Waals surface area contributed by atoms with Gasteiger partial charge in [-0.2, -0.15) is 0 Å². The summed E-state index contributed by atoms with van der Waals surface area (Å²) in [5.41, 5.74) is 0.824. The van der Waals surface area contributed by atoms with Crippen LogP contribution in [0.5, 0.6) is 0 Å². The van der Waals surface area contributed by atoms with Gasteiger partial charge in [-0.05, 0) is 30.7 Å². The molecule has 7 nitrogen and oxygen atoms in total. The van der Waals surface area contributed by atoms with Crippen molar-refractivity contribution < 1.29 is 22.7 Å². The van der Waals surface area contributed by atoms with E-state index < -0.39 is 33.4 Å². The van der Waals surface area contributed by atoms with E-state index in [1.807, 2.05) is 30.3 Å². The molecule has 0 fully saturated rings. The number of halogens is 1. The van der Waals surface area contributed by atoms with E-state index in [0.29, 0.717) is 0 Å². The Bertz CT molecular complexity index is 916. The van der Waals surface area contributed by atoms with E-state index in [2.05, 4.69) is 5.32 Å².